The topological polar surface area (TPSA) is 41.5 Å². The van der Waals surface area contributed by atoms with E-state index < -0.39 is 0 Å². The molecule has 1 aliphatic heterocycles. The van der Waals surface area contributed by atoms with Gasteiger partial charge in [-0.05, 0) is 29.3 Å². The van der Waals surface area contributed by atoms with Gasteiger partial charge in [0.2, 0.25) is 0 Å². The molecular weight excluding hydrogens is 280 g/mol. The predicted octanol–water partition coefficient (Wildman–Crippen LogP) is 2.98. The summed E-state index contributed by atoms with van der Waals surface area (Å²) < 4.78 is 7.51. The maximum atomic E-state index is 11.6. The Hall–Kier alpha value is -1.13. The number of hydrogen-bond donors (Lipinski definition) is 1. The second-order valence-electron chi connectivity index (χ2n) is 4.32. The van der Waals surface area contributed by atoms with E-state index in [1.54, 1.807) is 6.08 Å². The van der Waals surface area contributed by atoms with Crippen LogP contribution in [-0.4, -0.2) is 17.5 Å². The van der Waals surface area contributed by atoms with Crippen molar-refractivity contribution in [1.82, 2.24) is 4.72 Å². The van der Waals surface area contributed by atoms with Gasteiger partial charge < -0.3 is 0 Å². The molecule has 3 nitrogen and oxygen atoms in total. The number of unbranched alkanes of at least 4 members (excludes halogenated alkanes) is 1. The molecule has 1 aromatic carbocycles. The van der Waals surface area contributed by atoms with Gasteiger partial charge in [0.1, 0.15) is 0 Å². The van der Waals surface area contributed by atoms with Crippen LogP contribution < -0.4 is 4.72 Å². The molecule has 2 rings (SSSR count). The van der Waals surface area contributed by atoms with Crippen LogP contribution in [0.3, 0.4) is 0 Å². The van der Waals surface area contributed by atoms with Gasteiger partial charge in [-0.25, -0.2) is 4.36 Å². The monoisotopic (exact) mass is 296 g/mol. The Morgan fingerprint density at radius 1 is 1.21 bits per heavy atom. The number of carbonyl (C=O) groups is 1. The molecule has 1 aliphatic rings. The van der Waals surface area contributed by atoms with Crippen molar-refractivity contribution in [3.05, 3.63) is 47.7 Å². The quantitative estimate of drug-likeness (QED) is 0.636. The third-order valence-corrected chi connectivity index (χ3v) is 4.53. The van der Waals surface area contributed by atoms with E-state index in [4.69, 9.17) is 11.6 Å². The van der Waals surface area contributed by atoms with E-state index in [9.17, 15) is 4.79 Å². The van der Waals surface area contributed by atoms with Crippen molar-refractivity contribution < 1.29 is 4.79 Å². The minimum Gasteiger partial charge on any atom is -0.288 e. The van der Waals surface area contributed by atoms with Gasteiger partial charge in [0.25, 0.3) is 5.91 Å². The van der Waals surface area contributed by atoms with E-state index in [1.165, 1.54) is 5.56 Å². The first-order chi connectivity index (χ1) is 9.28. The number of benzene rings is 1. The molecule has 102 valence electrons. The van der Waals surface area contributed by atoms with Gasteiger partial charge >= 0.3 is 0 Å². The third kappa shape index (κ3) is 4.80. The van der Waals surface area contributed by atoms with E-state index in [2.05, 4.69) is 21.2 Å². The molecular formula is C14H17ClN2OS. The highest BCUT2D eigenvalue weighted by molar-refractivity contribution is 7.86. The zero-order valence-electron chi connectivity index (χ0n) is 10.6. The number of allylic oxidation sites excluding steroid dienone is 1. The first-order valence-electron chi connectivity index (χ1n) is 6.32. The summed E-state index contributed by atoms with van der Waals surface area (Å²) in [5.74, 6) is 1.51. The summed E-state index contributed by atoms with van der Waals surface area (Å²) in [6.07, 6.45) is 4.27. The summed E-state index contributed by atoms with van der Waals surface area (Å²) in [6.45, 7) is 0. The molecule has 0 fully saturated rings. The van der Waals surface area contributed by atoms with Crippen molar-refractivity contribution in [3.8, 4) is 0 Å². The summed E-state index contributed by atoms with van der Waals surface area (Å²) in [7, 11) is -0.381. The number of hydrogen-bond acceptors (Lipinski definition) is 2. The summed E-state index contributed by atoms with van der Waals surface area (Å²) in [5.41, 5.74) is 2.04. The van der Waals surface area contributed by atoms with Crippen LogP contribution in [0.5, 0.6) is 0 Å². The molecule has 0 aromatic heterocycles. The Bertz CT molecular complexity index is 499. The molecule has 0 bridgehead atoms. The first-order valence-corrected chi connectivity index (χ1v) is 8.20. The Kier molecular flexibility index (Phi) is 5.61. The normalized spacial score (nSPS) is 18.5. The van der Waals surface area contributed by atoms with E-state index in [-0.39, 0.29) is 16.8 Å². The molecule has 1 N–H and O–H groups in total. The average molecular weight is 297 g/mol. The largest absolute Gasteiger partial charge is 0.288 e. The van der Waals surface area contributed by atoms with Gasteiger partial charge in [-0.2, -0.15) is 0 Å². The highest BCUT2D eigenvalue weighted by Gasteiger charge is 2.11. The standard InChI is InChI=1S/C14H17ClN2OS/c15-8-4-5-9-19-16-13(11-14(18)17-19)10-12-6-2-1-3-7-12/h1-3,6-7,11H,4-5,8-10H2,(H,16,17,18). The highest BCUT2D eigenvalue weighted by atomic mass is 35.5. The summed E-state index contributed by atoms with van der Waals surface area (Å²) in [5, 5.41) is 0. The number of nitrogens with zero attached hydrogens (tertiary/aromatic N) is 1. The molecule has 1 heterocycles. The molecule has 19 heavy (non-hydrogen) atoms. The molecule has 1 aromatic rings. The fourth-order valence-electron chi connectivity index (χ4n) is 1.81. The number of rotatable bonds is 6. The maximum Gasteiger partial charge on any atom is 0.256 e. The van der Waals surface area contributed by atoms with Gasteiger partial charge in [-0.15, -0.1) is 11.6 Å². The van der Waals surface area contributed by atoms with E-state index in [0.717, 1.165) is 24.3 Å². The summed E-state index contributed by atoms with van der Waals surface area (Å²) >= 11 is 5.66. The Morgan fingerprint density at radius 2 is 2.00 bits per heavy atom. The lowest BCUT2D eigenvalue weighted by Crippen LogP contribution is -2.29. The number of halogens is 1. The summed E-state index contributed by atoms with van der Waals surface area (Å²) in [6, 6.07) is 10.1. The van der Waals surface area contributed by atoms with Crippen molar-refractivity contribution in [1.29, 1.82) is 0 Å². The lowest BCUT2D eigenvalue weighted by molar-refractivity contribution is -0.114. The van der Waals surface area contributed by atoms with E-state index >= 15 is 0 Å². The van der Waals surface area contributed by atoms with Crippen molar-refractivity contribution in [2.45, 2.75) is 19.3 Å². The molecule has 1 unspecified atom stereocenters. The van der Waals surface area contributed by atoms with Crippen LogP contribution >= 0.6 is 11.6 Å². The van der Waals surface area contributed by atoms with Crippen LogP contribution in [0.15, 0.2) is 46.5 Å². The number of amides is 1. The minimum absolute atomic E-state index is 0.0323. The predicted molar refractivity (Wildman–Crippen MR) is 81.0 cm³/mol. The van der Waals surface area contributed by atoms with Crippen molar-refractivity contribution in [3.63, 3.8) is 0 Å². The zero-order chi connectivity index (χ0) is 13.5. The fourth-order valence-corrected chi connectivity index (χ4v) is 3.40. The van der Waals surface area contributed by atoms with Crippen molar-refractivity contribution >= 4 is 28.4 Å². The van der Waals surface area contributed by atoms with Crippen LogP contribution in [0, 0.1) is 0 Å². The van der Waals surface area contributed by atoms with E-state index in [1.807, 2.05) is 18.2 Å². The lowest BCUT2D eigenvalue weighted by atomic mass is 10.1. The molecule has 0 spiro atoms. The molecule has 1 atom stereocenters. The van der Waals surface area contributed by atoms with Crippen LogP contribution in [0.4, 0.5) is 0 Å². The van der Waals surface area contributed by atoms with Gasteiger partial charge in [-0.1, -0.05) is 30.3 Å². The lowest BCUT2D eigenvalue weighted by Gasteiger charge is -2.15. The second-order valence-corrected chi connectivity index (χ2v) is 6.22. The van der Waals surface area contributed by atoms with Gasteiger partial charge in [0.05, 0.1) is 5.70 Å². The third-order valence-electron chi connectivity index (χ3n) is 2.69. The number of alkyl halides is 1. The minimum atomic E-state index is -0.381. The fraction of sp³-hybridized carbons (Fsp3) is 0.357. The van der Waals surface area contributed by atoms with Gasteiger partial charge in [0, 0.05) is 24.1 Å². The van der Waals surface area contributed by atoms with Crippen LogP contribution in [0.2, 0.25) is 0 Å². The molecule has 0 radical (unpaired) electrons. The zero-order valence-corrected chi connectivity index (χ0v) is 12.2. The van der Waals surface area contributed by atoms with Gasteiger partial charge in [-0.3, -0.25) is 9.52 Å². The van der Waals surface area contributed by atoms with Gasteiger partial charge in [0.15, 0.2) is 0 Å². The Balaban J connectivity index is 2.01. The van der Waals surface area contributed by atoms with E-state index in [0.29, 0.717) is 12.3 Å². The SMILES string of the molecule is O=C1C=C(Cc2ccccc2)N=S(CCCCCl)N1. The van der Waals surface area contributed by atoms with Crippen molar-refractivity contribution in [2.24, 2.45) is 4.36 Å². The van der Waals surface area contributed by atoms with Crippen LogP contribution in [0.25, 0.3) is 0 Å². The smallest absolute Gasteiger partial charge is 0.256 e. The molecule has 0 saturated carbocycles. The molecule has 5 heteroatoms. The Labute approximate surface area is 121 Å². The summed E-state index contributed by atoms with van der Waals surface area (Å²) in [4.78, 5) is 11.6. The Morgan fingerprint density at radius 3 is 2.74 bits per heavy atom. The second kappa shape index (κ2) is 7.46. The number of carbonyl (C=O) groups excluding carboxylic acids is 1. The average Bonchev–Trinajstić information content (AvgIpc) is 2.39. The highest BCUT2D eigenvalue weighted by Crippen LogP contribution is 2.13. The maximum absolute atomic E-state index is 11.6. The first kappa shape index (κ1) is 14.3. The van der Waals surface area contributed by atoms with Crippen LogP contribution in [0.1, 0.15) is 18.4 Å². The molecule has 0 aliphatic carbocycles. The van der Waals surface area contributed by atoms with Crippen LogP contribution in [-0.2, 0) is 22.1 Å². The molecule has 1 amide bonds. The molecule has 0 saturated heterocycles. The van der Waals surface area contributed by atoms with Crippen molar-refractivity contribution in [2.75, 3.05) is 11.6 Å². The number of nitrogens with one attached hydrogen (secondary N) is 1.